The average Bonchev–Trinajstić information content (AvgIpc) is 2.08. The Morgan fingerprint density at radius 3 is 2.46 bits per heavy atom. The van der Waals surface area contributed by atoms with Gasteiger partial charge in [0, 0.05) is 0 Å². The predicted octanol–water partition coefficient (Wildman–Crippen LogP) is 1.03. The summed E-state index contributed by atoms with van der Waals surface area (Å²) in [6.07, 6.45) is 0.430. The topological polar surface area (TPSA) is 60.7 Å². The molecule has 0 radical (unpaired) electrons. The van der Waals surface area contributed by atoms with E-state index in [-0.39, 0.29) is 5.75 Å². The van der Waals surface area contributed by atoms with Gasteiger partial charge in [0.15, 0.2) is 6.29 Å². The highest BCUT2D eigenvalue weighted by molar-refractivity contribution is 5.31. The summed E-state index contributed by atoms with van der Waals surface area (Å²) in [6.45, 7) is 0. The van der Waals surface area contributed by atoms with Gasteiger partial charge in [-0.25, -0.2) is 0 Å². The molecule has 0 aliphatic carbocycles. The highest BCUT2D eigenvalue weighted by Crippen LogP contribution is 2.17. The number of para-hydroxylation sites is 1. The first-order valence-electron chi connectivity index (χ1n) is 4.33. The van der Waals surface area contributed by atoms with Crippen LogP contribution in [0.3, 0.4) is 0 Å². The largest absolute Gasteiger partial charge is 0.508 e. The van der Waals surface area contributed by atoms with E-state index in [1.54, 1.807) is 12.1 Å². The lowest BCUT2D eigenvalue weighted by Crippen LogP contribution is -2.03. The Labute approximate surface area is 77.3 Å². The zero-order chi connectivity index (χ0) is 9.68. The van der Waals surface area contributed by atoms with Gasteiger partial charge in [-0.2, -0.15) is 0 Å². The molecule has 72 valence electrons. The lowest BCUT2D eigenvalue weighted by Gasteiger charge is -2.04. The van der Waals surface area contributed by atoms with Crippen molar-refractivity contribution >= 4 is 0 Å². The van der Waals surface area contributed by atoms with Gasteiger partial charge in [-0.1, -0.05) is 18.2 Å². The molecule has 13 heavy (non-hydrogen) atoms. The van der Waals surface area contributed by atoms with Gasteiger partial charge in [-0.15, -0.1) is 0 Å². The molecule has 0 aromatic heterocycles. The number of phenols is 1. The van der Waals surface area contributed by atoms with E-state index >= 15 is 0 Å². The zero-order valence-electron chi connectivity index (χ0n) is 7.35. The van der Waals surface area contributed by atoms with E-state index in [4.69, 9.17) is 10.2 Å². The molecule has 3 N–H and O–H groups in total. The Kier molecular flexibility index (Phi) is 3.73. The summed E-state index contributed by atoms with van der Waals surface area (Å²) in [5.41, 5.74) is 0.850. The highest BCUT2D eigenvalue weighted by Gasteiger charge is 2.01. The van der Waals surface area contributed by atoms with Gasteiger partial charge in [0.1, 0.15) is 5.75 Å². The standard InChI is InChI=1S/C10H14O3/c11-9-6-2-1-4-8(9)5-3-7-10(12)13/h1-2,4,6,10-13H,3,5,7H2. The summed E-state index contributed by atoms with van der Waals surface area (Å²) in [5.74, 6) is 0.273. The van der Waals surface area contributed by atoms with Gasteiger partial charge in [-0.05, 0) is 30.9 Å². The second-order valence-electron chi connectivity index (χ2n) is 3.00. The van der Waals surface area contributed by atoms with Crippen molar-refractivity contribution in [2.24, 2.45) is 0 Å². The van der Waals surface area contributed by atoms with Crippen LogP contribution in [0, 0.1) is 0 Å². The Morgan fingerprint density at radius 2 is 1.85 bits per heavy atom. The normalized spacial score (nSPS) is 10.7. The van der Waals surface area contributed by atoms with Crippen molar-refractivity contribution in [3.05, 3.63) is 29.8 Å². The van der Waals surface area contributed by atoms with Crippen molar-refractivity contribution < 1.29 is 15.3 Å². The van der Waals surface area contributed by atoms with Crippen LogP contribution in [0.25, 0.3) is 0 Å². The average molecular weight is 182 g/mol. The second-order valence-corrected chi connectivity index (χ2v) is 3.00. The monoisotopic (exact) mass is 182 g/mol. The molecule has 3 heteroatoms. The van der Waals surface area contributed by atoms with E-state index in [0.29, 0.717) is 19.3 Å². The fourth-order valence-corrected chi connectivity index (χ4v) is 1.20. The van der Waals surface area contributed by atoms with E-state index in [1.165, 1.54) is 0 Å². The van der Waals surface area contributed by atoms with Crippen molar-refractivity contribution in [1.82, 2.24) is 0 Å². The summed E-state index contributed by atoms with van der Waals surface area (Å²) in [4.78, 5) is 0. The summed E-state index contributed by atoms with van der Waals surface area (Å²) >= 11 is 0. The third-order valence-corrected chi connectivity index (χ3v) is 1.90. The van der Waals surface area contributed by atoms with Crippen molar-refractivity contribution in [2.75, 3.05) is 0 Å². The summed E-state index contributed by atoms with van der Waals surface area (Å²) in [7, 11) is 0. The lowest BCUT2D eigenvalue weighted by atomic mass is 10.1. The number of aliphatic hydroxyl groups excluding tert-OH is 1. The minimum atomic E-state index is -1.24. The number of hydrogen-bond acceptors (Lipinski definition) is 3. The molecule has 1 aromatic rings. The molecule has 0 unspecified atom stereocenters. The number of hydrogen-bond donors (Lipinski definition) is 3. The third-order valence-electron chi connectivity index (χ3n) is 1.90. The minimum absolute atomic E-state index is 0.273. The SMILES string of the molecule is Oc1ccccc1CCCC(O)O. The highest BCUT2D eigenvalue weighted by atomic mass is 16.5. The van der Waals surface area contributed by atoms with E-state index < -0.39 is 6.29 Å². The Bertz CT molecular complexity index is 258. The van der Waals surface area contributed by atoms with Gasteiger partial charge in [-0.3, -0.25) is 0 Å². The molecule has 0 amide bonds. The number of aryl methyl sites for hydroxylation is 1. The molecule has 3 nitrogen and oxygen atoms in total. The first-order chi connectivity index (χ1) is 6.20. The van der Waals surface area contributed by atoms with Crippen LogP contribution < -0.4 is 0 Å². The molecular formula is C10H14O3. The summed E-state index contributed by atoms with van der Waals surface area (Å²) < 4.78 is 0. The van der Waals surface area contributed by atoms with Crippen LogP contribution in [0.15, 0.2) is 24.3 Å². The van der Waals surface area contributed by atoms with Crippen LogP contribution in [0.1, 0.15) is 18.4 Å². The van der Waals surface area contributed by atoms with Crippen LogP contribution in [0.5, 0.6) is 5.75 Å². The van der Waals surface area contributed by atoms with Crippen LogP contribution in [-0.2, 0) is 6.42 Å². The van der Waals surface area contributed by atoms with Gasteiger partial charge in [0.05, 0.1) is 0 Å². The zero-order valence-corrected chi connectivity index (χ0v) is 7.35. The number of phenolic OH excluding ortho intramolecular Hbond substituents is 1. The predicted molar refractivity (Wildman–Crippen MR) is 49.3 cm³/mol. The molecule has 1 rings (SSSR count). The first kappa shape index (κ1) is 10.0. The molecule has 0 spiro atoms. The lowest BCUT2D eigenvalue weighted by molar-refractivity contribution is -0.0461. The van der Waals surface area contributed by atoms with Gasteiger partial charge in [0.25, 0.3) is 0 Å². The molecule has 0 aliphatic heterocycles. The second kappa shape index (κ2) is 4.84. The van der Waals surface area contributed by atoms with Crippen LogP contribution >= 0.6 is 0 Å². The maximum atomic E-state index is 9.35. The smallest absolute Gasteiger partial charge is 0.151 e. The van der Waals surface area contributed by atoms with E-state index in [9.17, 15) is 5.11 Å². The van der Waals surface area contributed by atoms with Gasteiger partial charge < -0.3 is 15.3 Å². The molecular weight excluding hydrogens is 168 g/mol. The number of rotatable bonds is 4. The molecule has 1 aromatic carbocycles. The maximum absolute atomic E-state index is 9.35. The summed E-state index contributed by atoms with van der Waals surface area (Å²) in [5, 5.41) is 26.5. The molecule has 0 fully saturated rings. The number of aromatic hydroxyl groups is 1. The van der Waals surface area contributed by atoms with Crippen molar-refractivity contribution in [3.8, 4) is 5.75 Å². The van der Waals surface area contributed by atoms with Gasteiger partial charge >= 0.3 is 0 Å². The van der Waals surface area contributed by atoms with Crippen molar-refractivity contribution in [2.45, 2.75) is 25.6 Å². The van der Waals surface area contributed by atoms with E-state index in [0.717, 1.165) is 5.56 Å². The van der Waals surface area contributed by atoms with Crippen molar-refractivity contribution in [1.29, 1.82) is 0 Å². The Hall–Kier alpha value is -1.06. The van der Waals surface area contributed by atoms with E-state index in [1.807, 2.05) is 12.1 Å². The molecule has 0 saturated carbocycles. The Morgan fingerprint density at radius 1 is 1.15 bits per heavy atom. The van der Waals surface area contributed by atoms with Crippen LogP contribution in [0.2, 0.25) is 0 Å². The molecule has 0 bridgehead atoms. The van der Waals surface area contributed by atoms with Crippen LogP contribution in [0.4, 0.5) is 0 Å². The van der Waals surface area contributed by atoms with Gasteiger partial charge in [0.2, 0.25) is 0 Å². The molecule has 0 aliphatic rings. The fourth-order valence-electron chi connectivity index (χ4n) is 1.20. The van der Waals surface area contributed by atoms with Crippen LogP contribution in [-0.4, -0.2) is 21.6 Å². The minimum Gasteiger partial charge on any atom is -0.508 e. The maximum Gasteiger partial charge on any atom is 0.151 e. The molecule has 0 saturated heterocycles. The number of aliphatic hydroxyl groups is 2. The summed E-state index contributed by atoms with van der Waals surface area (Å²) in [6, 6.07) is 7.08. The quantitative estimate of drug-likeness (QED) is 0.609. The fraction of sp³-hybridized carbons (Fsp3) is 0.400. The van der Waals surface area contributed by atoms with E-state index in [2.05, 4.69) is 0 Å². The van der Waals surface area contributed by atoms with Crippen molar-refractivity contribution in [3.63, 3.8) is 0 Å². The number of benzene rings is 1. The molecule has 0 heterocycles. The Balaban J connectivity index is 2.41. The third kappa shape index (κ3) is 3.44. The first-order valence-corrected chi connectivity index (χ1v) is 4.33. The molecule has 0 atom stereocenters.